The van der Waals surface area contributed by atoms with Crippen LogP contribution in [0, 0.1) is 12.8 Å². The molecule has 1 aliphatic rings. The molecule has 1 aliphatic heterocycles. The minimum absolute atomic E-state index is 0.428. The van der Waals surface area contributed by atoms with Gasteiger partial charge >= 0.3 is 0 Å². The molecule has 0 aromatic carbocycles. The summed E-state index contributed by atoms with van der Waals surface area (Å²) in [5, 5.41) is 8.07. The van der Waals surface area contributed by atoms with Crippen molar-refractivity contribution in [3.63, 3.8) is 0 Å². The minimum atomic E-state index is 0.428. The number of aryl methyl sites for hydroxylation is 2. The highest BCUT2D eigenvalue weighted by molar-refractivity contribution is 5.21. The van der Waals surface area contributed by atoms with Gasteiger partial charge in [-0.2, -0.15) is 5.10 Å². The Morgan fingerprint density at radius 2 is 2.24 bits per heavy atom. The van der Waals surface area contributed by atoms with Gasteiger partial charge in [0.15, 0.2) is 0 Å². The molecule has 0 bridgehead atoms. The van der Waals surface area contributed by atoms with Gasteiger partial charge < -0.3 is 10.1 Å². The van der Waals surface area contributed by atoms with E-state index in [9.17, 15) is 0 Å². The van der Waals surface area contributed by atoms with Crippen LogP contribution in [0.1, 0.15) is 37.1 Å². The Hall–Kier alpha value is -0.870. The smallest absolute Gasteiger partial charge is 0.0641 e. The second-order valence-corrected chi connectivity index (χ2v) is 4.83. The molecule has 1 aromatic rings. The Balaban J connectivity index is 2.18. The third kappa shape index (κ3) is 2.87. The van der Waals surface area contributed by atoms with Crippen molar-refractivity contribution in [1.82, 2.24) is 15.1 Å². The van der Waals surface area contributed by atoms with Crippen molar-refractivity contribution in [2.24, 2.45) is 13.0 Å². The zero-order chi connectivity index (χ0) is 12.3. The molecule has 0 radical (unpaired) electrons. The monoisotopic (exact) mass is 237 g/mol. The van der Waals surface area contributed by atoms with Crippen molar-refractivity contribution in [1.29, 1.82) is 0 Å². The van der Waals surface area contributed by atoms with Crippen LogP contribution in [0.5, 0.6) is 0 Å². The van der Waals surface area contributed by atoms with Gasteiger partial charge in [0.1, 0.15) is 0 Å². The number of aromatic nitrogens is 2. The van der Waals surface area contributed by atoms with E-state index in [1.165, 1.54) is 5.56 Å². The first kappa shape index (κ1) is 12.6. The van der Waals surface area contributed by atoms with Crippen molar-refractivity contribution < 1.29 is 4.74 Å². The molecule has 0 amide bonds. The maximum absolute atomic E-state index is 5.45. The minimum Gasteiger partial charge on any atom is -0.381 e. The fourth-order valence-electron chi connectivity index (χ4n) is 2.72. The molecule has 1 aromatic heterocycles. The highest BCUT2D eigenvalue weighted by atomic mass is 16.5. The number of rotatable bonds is 4. The van der Waals surface area contributed by atoms with Crippen LogP contribution >= 0.6 is 0 Å². The Morgan fingerprint density at radius 1 is 1.53 bits per heavy atom. The van der Waals surface area contributed by atoms with Gasteiger partial charge in [-0.25, -0.2) is 0 Å². The lowest BCUT2D eigenvalue weighted by Crippen LogP contribution is -2.32. The maximum Gasteiger partial charge on any atom is 0.0641 e. The number of nitrogens with zero attached hydrogens (tertiary/aromatic N) is 2. The average molecular weight is 237 g/mol. The molecular weight excluding hydrogens is 214 g/mol. The predicted molar refractivity (Wildman–Crippen MR) is 67.9 cm³/mol. The lowest BCUT2D eigenvalue weighted by molar-refractivity contribution is 0.0537. The zero-order valence-electron chi connectivity index (χ0n) is 11.1. The van der Waals surface area contributed by atoms with Crippen LogP contribution in [0.3, 0.4) is 0 Å². The molecule has 0 saturated carbocycles. The van der Waals surface area contributed by atoms with E-state index in [4.69, 9.17) is 4.74 Å². The van der Waals surface area contributed by atoms with Crippen LogP contribution in [-0.2, 0) is 11.8 Å². The lowest BCUT2D eigenvalue weighted by atomic mass is 9.87. The first-order valence-corrected chi connectivity index (χ1v) is 6.53. The van der Waals surface area contributed by atoms with Crippen LogP contribution < -0.4 is 5.32 Å². The van der Waals surface area contributed by atoms with Crippen LogP contribution in [0.4, 0.5) is 0 Å². The van der Waals surface area contributed by atoms with Crippen molar-refractivity contribution in [3.05, 3.63) is 17.5 Å². The van der Waals surface area contributed by atoms with E-state index >= 15 is 0 Å². The Morgan fingerprint density at radius 3 is 2.76 bits per heavy atom. The zero-order valence-corrected chi connectivity index (χ0v) is 11.1. The summed E-state index contributed by atoms with van der Waals surface area (Å²) >= 11 is 0. The number of hydrogen-bond acceptors (Lipinski definition) is 3. The van der Waals surface area contributed by atoms with Crippen molar-refractivity contribution in [2.45, 2.75) is 32.7 Å². The summed E-state index contributed by atoms with van der Waals surface area (Å²) in [6.45, 7) is 7.05. The molecule has 1 unspecified atom stereocenters. The molecule has 1 N–H and O–H groups in total. The highest BCUT2D eigenvalue weighted by Crippen LogP contribution is 2.31. The van der Waals surface area contributed by atoms with Crippen molar-refractivity contribution >= 4 is 0 Å². The van der Waals surface area contributed by atoms with Crippen LogP contribution in [-0.4, -0.2) is 29.5 Å². The topological polar surface area (TPSA) is 39.1 Å². The molecule has 0 spiro atoms. The van der Waals surface area contributed by atoms with Gasteiger partial charge in [0.25, 0.3) is 0 Å². The summed E-state index contributed by atoms with van der Waals surface area (Å²) < 4.78 is 7.36. The van der Waals surface area contributed by atoms with Crippen LogP contribution in [0.25, 0.3) is 0 Å². The summed E-state index contributed by atoms with van der Waals surface area (Å²) in [7, 11) is 1.99. The Bertz CT molecular complexity index is 356. The van der Waals surface area contributed by atoms with Gasteiger partial charge in [0, 0.05) is 38.1 Å². The van der Waals surface area contributed by atoms with Gasteiger partial charge in [-0.1, -0.05) is 6.92 Å². The first-order chi connectivity index (χ1) is 8.22. The Kier molecular flexibility index (Phi) is 4.18. The van der Waals surface area contributed by atoms with Crippen LogP contribution in [0.2, 0.25) is 0 Å². The van der Waals surface area contributed by atoms with E-state index in [0.29, 0.717) is 12.0 Å². The molecule has 1 saturated heterocycles. The number of hydrogen-bond donors (Lipinski definition) is 1. The standard InChI is InChI=1S/C13H23N3O/c1-4-14-13(11-5-7-17-8-6-11)12-9-16(3)15-10(12)2/h9,11,13-14H,4-8H2,1-3H3. The van der Waals surface area contributed by atoms with E-state index in [1.807, 2.05) is 11.7 Å². The van der Waals surface area contributed by atoms with Gasteiger partial charge in [-0.05, 0) is 32.2 Å². The third-order valence-corrected chi connectivity index (χ3v) is 3.55. The number of ether oxygens (including phenoxy) is 1. The van der Waals surface area contributed by atoms with E-state index in [1.54, 1.807) is 0 Å². The summed E-state index contributed by atoms with van der Waals surface area (Å²) in [5.74, 6) is 0.673. The van der Waals surface area contributed by atoms with E-state index in [0.717, 1.165) is 38.3 Å². The highest BCUT2D eigenvalue weighted by Gasteiger charge is 2.26. The van der Waals surface area contributed by atoms with Gasteiger partial charge in [-0.15, -0.1) is 0 Å². The van der Waals surface area contributed by atoms with E-state index < -0.39 is 0 Å². The van der Waals surface area contributed by atoms with Gasteiger partial charge in [0.2, 0.25) is 0 Å². The summed E-state index contributed by atoms with van der Waals surface area (Å²) in [5.41, 5.74) is 2.49. The van der Waals surface area contributed by atoms with E-state index in [-0.39, 0.29) is 0 Å². The molecule has 4 heteroatoms. The summed E-state index contributed by atoms with van der Waals surface area (Å²) in [4.78, 5) is 0. The fourth-order valence-corrected chi connectivity index (χ4v) is 2.72. The SMILES string of the molecule is CCNC(c1cn(C)nc1C)C1CCOCC1. The quantitative estimate of drug-likeness (QED) is 0.868. The Labute approximate surface area is 103 Å². The summed E-state index contributed by atoms with van der Waals surface area (Å²) in [6, 6.07) is 0.428. The van der Waals surface area contributed by atoms with Crippen molar-refractivity contribution in [2.75, 3.05) is 19.8 Å². The van der Waals surface area contributed by atoms with Gasteiger partial charge in [0.05, 0.1) is 5.69 Å². The second-order valence-electron chi connectivity index (χ2n) is 4.83. The van der Waals surface area contributed by atoms with Crippen LogP contribution in [0.15, 0.2) is 6.20 Å². The number of nitrogens with one attached hydrogen (secondary N) is 1. The maximum atomic E-state index is 5.45. The van der Waals surface area contributed by atoms with Crippen molar-refractivity contribution in [3.8, 4) is 0 Å². The molecule has 2 rings (SSSR count). The molecule has 1 fully saturated rings. The predicted octanol–water partition coefficient (Wildman–Crippen LogP) is 1.81. The normalized spacial score (nSPS) is 19.5. The fraction of sp³-hybridized carbons (Fsp3) is 0.769. The molecule has 2 heterocycles. The third-order valence-electron chi connectivity index (χ3n) is 3.55. The average Bonchev–Trinajstić information content (AvgIpc) is 2.66. The lowest BCUT2D eigenvalue weighted by Gasteiger charge is -2.30. The molecule has 96 valence electrons. The molecule has 17 heavy (non-hydrogen) atoms. The summed E-state index contributed by atoms with van der Waals surface area (Å²) in [6.07, 6.45) is 4.44. The largest absolute Gasteiger partial charge is 0.381 e. The first-order valence-electron chi connectivity index (χ1n) is 6.53. The molecule has 4 nitrogen and oxygen atoms in total. The molecular formula is C13H23N3O. The molecule has 1 atom stereocenters. The van der Waals surface area contributed by atoms with Gasteiger partial charge in [-0.3, -0.25) is 4.68 Å². The van der Waals surface area contributed by atoms with E-state index in [2.05, 4.69) is 30.5 Å². The molecule has 0 aliphatic carbocycles. The second kappa shape index (κ2) is 5.65.